The van der Waals surface area contributed by atoms with Crippen LogP contribution in [-0.4, -0.2) is 40.0 Å². The van der Waals surface area contributed by atoms with Crippen molar-refractivity contribution in [3.05, 3.63) is 63.1 Å². The van der Waals surface area contributed by atoms with Gasteiger partial charge in [0.15, 0.2) is 12.6 Å². The van der Waals surface area contributed by atoms with Crippen molar-refractivity contribution in [1.82, 2.24) is 5.32 Å². The minimum absolute atomic E-state index is 0.0583. The first-order chi connectivity index (χ1) is 15.3. The molecule has 1 aliphatic heterocycles. The molecule has 12 heteroatoms. The van der Waals surface area contributed by atoms with Gasteiger partial charge in [-0.2, -0.15) is 0 Å². The summed E-state index contributed by atoms with van der Waals surface area (Å²) in [5, 5.41) is 3.08. The average Bonchev–Trinajstić information content (AvgIpc) is 2.70. The number of amides is 1. The number of hydrogen-bond acceptors (Lipinski definition) is 6. The van der Waals surface area contributed by atoms with Gasteiger partial charge in [0.2, 0.25) is 0 Å². The Morgan fingerprint density at radius 1 is 1.21 bits per heavy atom. The van der Waals surface area contributed by atoms with Gasteiger partial charge in [0.05, 0.1) is 21.7 Å². The third-order valence-corrected chi connectivity index (χ3v) is 6.32. The number of hydrogen-bond donors (Lipinski definition) is 3. The molecule has 3 rings (SSSR count). The first-order valence-electron chi connectivity index (χ1n) is 9.70. The van der Waals surface area contributed by atoms with Crippen molar-refractivity contribution in [2.24, 2.45) is 0 Å². The molecule has 1 amide bonds. The zero-order chi connectivity index (χ0) is 24.6. The highest BCUT2D eigenvalue weighted by atomic mass is 35.5. The Balaban J connectivity index is 2.03. The van der Waals surface area contributed by atoms with E-state index < -0.39 is 38.3 Å². The molecule has 1 heterocycles. The molecular weight excluding hydrogens is 496 g/mol. The number of carbonyl (C=O) groups is 2. The zero-order valence-corrected chi connectivity index (χ0v) is 20.3. The Kier molecular flexibility index (Phi) is 7.55. The maximum atomic E-state index is 13.1. The third-order valence-electron chi connectivity index (χ3n) is 5.06. The molecule has 2 atom stereocenters. The van der Waals surface area contributed by atoms with E-state index in [-0.39, 0.29) is 21.4 Å². The van der Waals surface area contributed by atoms with Crippen LogP contribution in [0.4, 0.5) is 0 Å². The molecule has 0 saturated carbocycles. The summed E-state index contributed by atoms with van der Waals surface area (Å²) in [6, 6.07) is 8.49. The summed E-state index contributed by atoms with van der Waals surface area (Å²) in [7, 11) is -4.80. The van der Waals surface area contributed by atoms with Gasteiger partial charge in [-0.25, -0.2) is 4.57 Å². The second kappa shape index (κ2) is 9.72. The predicted molar refractivity (Wildman–Crippen MR) is 121 cm³/mol. The predicted octanol–water partition coefficient (Wildman–Crippen LogP) is 4.29. The lowest BCUT2D eigenvalue weighted by atomic mass is 9.85. The molecular formula is C21H22Cl2NO8P. The standard InChI is InChI=1S/C21H22Cl2NO8P/c1-11(25)12-7-8-16-14(9-12)18(24-20(26)13-5-4-6-15(22)17(13)23)19(21(2,3)32-16)30-10-31-33(27,28)29/h4-9,18-19H,10H2,1-3H3,(H,24,26)(H2,27,28,29). The second-order valence-corrected chi connectivity index (χ2v) is 9.92. The van der Waals surface area contributed by atoms with E-state index in [0.29, 0.717) is 16.9 Å². The van der Waals surface area contributed by atoms with E-state index >= 15 is 0 Å². The lowest BCUT2D eigenvalue weighted by molar-refractivity contribution is -0.141. The van der Waals surface area contributed by atoms with Crippen molar-refractivity contribution in [2.45, 2.75) is 38.5 Å². The van der Waals surface area contributed by atoms with E-state index in [2.05, 4.69) is 9.84 Å². The molecule has 0 saturated heterocycles. The maximum absolute atomic E-state index is 13.1. The molecule has 0 radical (unpaired) electrons. The normalized spacial score (nSPS) is 19.4. The van der Waals surface area contributed by atoms with Crippen LogP contribution in [0.5, 0.6) is 5.75 Å². The van der Waals surface area contributed by atoms with Gasteiger partial charge in [0, 0.05) is 11.1 Å². The van der Waals surface area contributed by atoms with Gasteiger partial charge in [-0.1, -0.05) is 29.3 Å². The molecule has 2 aromatic carbocycles. The molecule has 0 aliphatic carbocycles. The Morgan fingerprint density at radius 2 is 1.91 bits per heavy atom. The van der Waals surface area contributed by atoms with Crippen molar-refractivity contribution in [2.75, 3.05) is 6.79 Å². The number of Topliss-reactive ketones (excluding diaryl/α,β-unsaturated/α-hetero) is 1. The molecule has 2 unspecified atom stereocenters. The van der Waals surface area contributed by atoms with Crippen LogP contribution in [0.25, 0.3) is 0 Å². The van der Waals surface area contributed by atoms with Crippen LogP contribution in [0.1, 0.15) is 53.1 Å². The summed E-state index contributed by atoms with van der Waals surface area (Å²) >= 11 is 12.2. The molecule has 3 N–H and O–H groups in total. The molecule has 0 aromatic heterocycles. The van der Waals surface area contributed by atoms with Crippen molar-refractivity contribution < 1.29 is 37.9 Å². The molecule has 178 valence electrons. The van der Waals surface area contributed by atoms with Crippen molar-refractivity contribution in [3.63, 3.8) is 0 Å². The Morgan fingerprint density at radius 3 is 2.55 bits per heavy atom. The van der Waals surface area contributed by atoms with Crippen LogP contribution in [-0.2, 0) is 13.8 Å². The fraction of sp³-hybridized carbons (Fsp3) is 0.333. The number of fused-ring (bicyclic) bond motifs is 1. The summed E-state index contributed by atoms with van der Waals surface area (Å²) in [6.07, 6.45) is -0.972. The van der Waals surface area contributed by atoms with Crippen molar-refractivity contribution in [1.29, 1.82) is 0 Å². The third kappa shape index (κ3) is 5.94. The number of phosphoric acid groups is 1. The highest BCUT2D eigenvalue weighted by Crippen LogP contribution is 2.43. The summed E-state index contributed by atoms with van der Waals surface area (Å²) in [5.41, 5.74) is -0.140. The number of phosphoric ester groups is 1. The zero-order valence-electron chi connectivity index (χ0n) is 17.9. The molecule has 0 bridgehead atoms. The molecule has 33 heavy (non-hydrogen) atoms. The Labute approximate surface area is 200 Å². The van der Waals surface area contributed by atoms with E-state index in [1.807, 2.05) is 0 Å². The van der Waals surface area contributed by atoms with E-state index in [0.717, 1.165) is 0 Å². The van der Waals surface area contributed by atoms with Gasteiger partial charge in [-0.15, -0.1) is 0 Å². The quantitative estimate of drug-likeness (QED) is 0.281. The second-order valence-electron chi connectivity index (χ2n) is 7.89. The number of benzene rings is 2. The monoisotopic (exact) mass is 517 g/mol. The van der Waals surface area contributed by atoms with Crippen molar-refractivity contribution in [3.8, 4) is 5.75 Å². The first-order valence-corrected chi connectivity index (χ1v) is 12.0. The molecule has 9 nitrogen and oxygen atoms in total. The van der Waals surface area contributed by atoms with E-state index in [1.54, 1.807) is 38.1 Å². The van der Waals surface area contributed by atoms with Gasteiger partial charge >= 0.3 is 7.82 Å². The fourth-order valence-electron chi connectivity index (χ4n) is 3.53. The molecule has 1 aliphatic rings. The van der Waals surface area contributed by atoms with Crippen LogP contribution >= 0.6 is 31.0 Å². The number of ketones is 1. The summed E-state index contributed by atoms with van der Waals surface area (Å²) < 4.78 is 27.2. The Hall–Kier alpha value is -1.97. The van der Waals surface area contributed by atoms with Crippen LogP contribution in [0.3, 0.4) is 0 Å². The highest BCUT2D eigenvalue weighted by molar-refractivity contribution is 7.46. The van der Waals surface area contributed by atoms with E-state index in [4.69, 9.17) is 42.5 Å². The summed E-state index contributed by atoms with van der Waals surface area (Å²) in [4.78, 5) is 43.1. The van der Waals surface area contributed by atoms with Gasteiger partial charge in [0.1, 0.15) is 17.5 Å². The number of rotatable bonds is 7. The van der Waals surface area contributed by atoms with Crippen LogP contribution in [0, 0.1) is 0 Å². The lowest BCUT2D eigenvalue weighted by Crippen LogP contribution is -2.55. The van der Waals surface area contributed by atoms with Gasteiger partial charge in [-0.05, 0) is 51.1 Å². The fourth-order valence-corrected chi connectivity index (χ4v) is 4.11. The van der Waals surface area contributed by atoms with Crippen LogP contribution in [0.15, 0.2) is 36.4 Å². The molecule has 0 spiro atoms. The van der Waals surface area contributed by atoms with Gasteiger partial charge in [0.25, 0.3) is 5.91 Å². The lowest BCUT2D eigenvalue weighted by Gasteiger charge is -2.44. The van der Waals surface area contributed by atoms with Crippen LogP contribution in [0.2, 0.25) is 10.0 Å². The SMILES string of the molecule is CC(=O)c1ccc2c(c1)C(NC(=O)c1cccc(Cl)c1Cl)C(OCOP(=O)(O)O)C(C)(C)O2. The van der Waals surface area contributed by atoms with Gasteiger partial charge in [-0.3, -0.25) is 14.1 Å². The largest absolute Gasteiger partial charge is 0.485 e. The minimum Gasteiger partial charge on any atom is -0.485 e. The average molecular weight is 518 g/mol. The minimum atomic E-state index is -4.80. The smallest absolute Gasteiger partial charge is 0.471 e. The van der Waals surface area contributed by atoms with E-state index in [9.17, 15) is 14.2 Å². The summed E-state index contributed by atoms with van der Waals surface area (Å²) in [5.74, 6) is -0.370. The van der Waals surface area contributed by atoms with Crippen molar-refractivity contribution >= 4 is 42.7 Å². The Bertz CT molecular complexity index is 1130. The highest BCUT2D eigenvalue weighted by Gasteiger charge is 2.46. The number of ether oxygens (including phenoxy) is 2. The molecule has 0 fully saturated rings. The number of carbonyl (C=O) groups excluding carboxylic acids is 2. The number of halogens is 2. The van der Waals surface area contributed by atoms with E-state index in [1.165, 1.54) is 19.1 Å². The van der Waals surface area contributed by atoms with Gasteiger partial charge < -0.3 is 24.6 Å². The first kappa shape index (κ1) is 25.6. The summed E-state index contributed by atoms with van der Waals surface area (Å²) in [6.45, 7) is 4.00. The molecule has 2 aromatic rings. The van der Waals surface area contributed by atoms with Crippen LogP contribution < -0.4 is 10.1 Å². The maximum Gasteiger partial charge on any atom is 0.471 e. The number of nitrogens with one attached hydrogen (secondary N) is 1. The topological polar surface area (TPSA) is 131 Å².